The molecule has 132 valence electrons. The monoisotopic (exact) mass is 339 g/mol. The van der Waals surface area contributed by atoms with Gasteiger partial charge in [0.2, 0.25) is 0 Å². The van der Waals surface area contributed by atoms with E-state index in [1.165, 1.54) is 4.68 Å². The molecule has 2 heterocycles. The molecule has 0 saturated carbocycles. The van der Waals surface area contributed by atoms with Crippen molar-refractivity contribution in [2.24, 2.45) is 23.2 Å². The summed E-state index contributed by atoms with van der Waals surface area (Å²) >= 11 is 0. The first-order valence-corrected chi connectivity index (χ1v) is 6.92. The van der Waals surface area contributed by atoms with Gasteiger partial charge < -0.3 is 26.1 Å². The van der Waals surface area contributed by atoms with Crippen molar-refractivity contribution < 1.29 is 14.7 Å². The fourth-order valence-electron chi connectivity index (χ4n) is 2.54. The van der Waals surface area contributed by atoms with Crippen LogP contribution in [-0.2, 0) is 6.54 Å². The van der Waals surface area contributed by atoms with Crippen LogP contribution in [0, 0.1) is 0 Å². The number of carbonyl (C=O) groups excluding carboxylic acids is 2. The van der Waals surface area contributed by atoms with Crippen molar-refractivity contribution in [2.45, 2.75) is 6.54 Å². The lowest BCUT2D eigenvalue weighted by molar-refractivity contribution is 0.252. The Labute approximate surface area is 137 Å². The van der Waals surface area contributed by atoms with Crippen molar-refractivity contribution in [3.8, 4) is 0 Å². The fourth-order valence-corrected chi connectivity index (χ4v) is 2.54. The molecule has 0 aliphatic heterocycles. The molecule has 2 rings (SSSR count). The van der Waals surface area contributed by atoms with Gasteiger partial charge in [-0.2, -0.15) is 0 Å². The number of anilines is 2. The number of primary amides is 2. The Morgan fingerprint density at radius 1 is 1.17 bits per heavy atom. The summed E-state index contributed by atoms with van der Waals surface area (Å²) in [6.07, 6.45) is 1.70. The van der Waals surface area contributed by atoms with Gasteiger partial charge in [0.1, 0.15) is 11.3 Å². The summed E-state index contributed by atoms with van der Waals surface area (Å²) in [5.41, 5.74) is 11.2. The van der Waals surface area contributed by atoms with Gasteiger partial charge in [0.25, 0.3) is 0 Å². The smallest absolute Gasteiger partial charge is 0.335 e. The summed E-state index contributed by atoms with van der Waals surface area (Å²) in [7, 11) is 3.39. The largest absolute Gasteiger partial charge is 0.395 e. The van der Waals surface area contributed by atoms with Gasteiger partial charge in [0, 0.05) is 32.2 Å². The topological polar surface area (TPSA) is 178 Å². The van der Waals surface area contributed by atoms with E-state index in [4.69, 9.17) is 23.2 Å². The minimum absolute atomic E-state index is 0.0612. The molecule has 12 nitrogen and oxygen atoms in total. The quantitative estimate of drug-likeness (QED) is 0.242. The van der Waals surface area contributed by atoms with Crippen LogP contribution < -0.4 is 38.2 Å². The fraction of sp³-hybridized carbons (Fsp3) is 0.333. The molecular weight excluding hydrogens is 318 g/mol. The van der Waals surface area contributed by atoms with Crippen LogP contribution in [0.1, 0.15) is 0 Å². The van der Waals surface area contributed by atoms with Crippen LogP contribution >= 0.6 is 0 Å². The number of aliphatic hydroxyl groups is 1. The zero-order valence-corrected chi connectivity index (χ0v) is 13.4. The summed E-state index contributed by atoms with van der Waals surface area (Å²) in [5.74, 6) is 11.6. The second kappa shape index (κ2) is 6.27. The Morgan fingerprint density at radius 2 is 1.75 bits per heavy atom. The predicted octanol–water partition coefficient (Wildman–Crippen LogP) is -1.85. The number of rotatable bonds is 5. The molecule has 9 N–H and O–H groups in total. The average Bonchev–Trinajstić information content (AvgIpc) is 3.03. The van der Waals surface area contributed by atoms with Crippen LogP contribution in [0.3, 0.4) is 0 Å². The van der Waals surface area contributed by atoms with Crippen molar-refractivity contribution in [1.29, 1.82) is 0 Å². The zero-order valence-electron chi connectivity index (χ0n) is 13.4. The molecule has 0 bridgehead atoms. The third kappa shape index (κ3) is 2.58. The van der Waals surface area contributed by atoms with E-state index in [2.05, 4.69) is 0 Å². The maximum Gasteiger partial charge on any atom is 0.335 e. The van der Waals surface area contributed by atoms with Crippen molar-refractivity contribution in [3.05, 3.63) is 12.3 Å². The number of hydrogen-bond donors (Lipinski definition) is 5. The van der Waals surface area contributed by atoms with E-state index >= 15 is 0 Å². The van der Waals surface area contributed by atoms with Crippen molar-refractivity contribution in [1.82, 2.24) is 9.24 Å². The lowest BCUT2D eigenvalue weighted by atomic mass is 10.3. The number of nitrogens with two attached hydrogens (primary N) is 4. The highest BCUT2D eigenvalue weighted by Crippen LogP contribution is 2.39. The molecule has 2 aromatic heterocycles. The first-order chi connectivity index (χ1) is 11.2. The van der Waals surface area contributed by atoms with Gasteiger partial charge in [-0.15, -0.1) is 0 Å². The Hall–Kier alpha value is -2.96. The van der Waals surface area contributed by atoms with Crippen LogP contribution in [0.2, 0.25) is 0 Å². The van der Waals surface area contributed by atoms with Crippen molar-refractivity contribution >= 4 is 34.6 Å². The number of hydrazine groups is 2. The van der Waals surface area contributed by atoms with E-state index in [-0.39, 0.29) is 24.7 Å². The molecule has 0 atom stereocenters. The average molecular weight is 339 g/mol. The number of nitrogens with zero attached hydrogens (tertiary/aromatic N) is 5. The maximum absolute atomic E-state index is 11.6. The van der Waals surface area contributed by atoms with Crippen LogP contribution in [0.5, 0.6) is 0 Å². The summed E-state index contributed by atoms with van der Waals surface area (Å²) in [4.78, 5) is 23.2. The molecule has 2 aromatic rings. The molecule has 0 spiro atoms. The SMILES string of the molecule is CN(C)n1c(N(N)C(N)=O)c(N(N)C(N)=O)c2ccn(CCO)c21. The summed E-state index contributed by atoms with van der Waals surface area (Å²) < 4.78 is 3.25. The lowest BCUT2D eigenvalue weighted by Crippen LogP contribution is -2.47. The van der Waals surface area contributed by atoms with E-state index in [0.29, 0.717) is 21.1 Å². The molecule has 24 heavy (non-hydrogen) atoms. The number of hydrogen-bond acceptors (Lipinski definition) is 6. The first-order valence-electron chi connectivity index (χ1n) is 6.92. The lowest BCUT2D eigenvalue weighted by Gasteiger charge is -2.26. The molecule has 0 aliphatic rings. The molecule has 12 heteroatoms. The van der Waals surface area contributed by atoms with E-state index in [1.54, 1.807) is 35.9 Å². The minimum Gasteiger partial charge on any atom is -0.395 e. The second-order valence-corrected chi connectivity index (χ2v) is 5.22. The first kappa shape index (κ1) is 17.4. The molecule has 0 aromatic carbocycles. The molecule has 0 aliphatic carbocycles. The van der Waals surface area contributed by atoms with Gasteiger partial charge in [-0.3, -0.25) is 0 Å². The van der Waals surface area contributed by atoms with Crippen molar-refractivity contribution in [2.75, 3.05) is 35.7 Å². The number of fused-ring (bicyclic) bond motifs is 1. The van der Waals surface area contributed by atoms with Gasteiger partial charge in [-0.25, -0.2) is 36.0 Å². The van der Waals surface area contributed by atoms with E-state index in [9.17, 15) is 14.7 Å². The zero-order chi connectivity index (χ0) is 18.2. The minimum atomic E-state index is -0.953. The van der Waals surface area contributed by atoms with Crippen LogP contribution in [0.4, 0.5) is 21.1 Å². The standard InChI is InChI=1S/C12H21N9O3/c1-17(2)21-9-7(3-4-18(9)5-6-22)8(19(15)11(13)23)10(21)20(16)12(14)24/h3-4,22H,5-6,15-16H2,1-2H3,(H2,13,23)(H2,14,24). The molecule has 4 amide bonds. The highest BCUT2D eigenvalue weighted by molar-refractivity contribution is 6.10. The van der Waals surface area contributed by atoms with E-state index in [0.717, 1.165) is 0 Å². The molecule has 0 unspecified atom stereocenters. The Balaban J connectivity index is 2.92. The Morgan fingerprint density at radius 3 is 2.21 bits per heavy atom. The van der Waals surface area contributed by atoms with Crippen LogP contribution in [0.15, 0.2) is 12.3 Å². The molecule has 0 fully saturated rings. The summed E-state index contributed by atoms with van der Waals surface area (Å²) in [6, 6.07) is -0.227. The van der Waals surface area contributed by atoms with Gasteiger partial charge in [-0.1, -0.05) is 0 Å². The number of aromatic nitrogens is 2. The third-order valence-corrected chi connectivity index (χ3v) is 3.49. The predicted molar refractivity (Wildman–Crippen MR) is 89.6 cm³/mol. The van der Waals surface area contributed by atoms with E-state index < -0.39 is 12.1 Å². The normalized spacial score (nSPS) is 10.9. The van der Waals surface area contributed by atoms with Crippen LogP contribution in [-0.4, -0.2) is 47.1 Å². The highest BCUT2D eigenvalue weighted by atomic mass is 16.3. The highest BCUT2D eigenvalue weighted by Gasteiger charge is 2.30. The van der Waals surface area contributed by atoms with Gasteiger partial charge in [0.05, 0.1) is 6.61 Å². The van der Waals surface area contributed by atoms with Gasteiger partial charge in [-0.05, 0) is 6.07 Å². The van der Waals surface area contributed by atoms with Gasteiger partial charge >= 0.3 is 12.1 Å². The number of urea groups is 2. The maximum atomic E-state index is 11.6. The van der Waals surface area contributed by atoms with Gasteiger partial charge in [0.15, 0.2) is 5.82 Å². The third-order valence-electron chi connectivity index (χ3n) is 3.49. The summed E-state index contributed by atoms with van der Waals surface area (Å²) in [5, 5.41) is 12.7. The Bertz CT molecular complexity index is 778. The molecular formula is C12H21N9O3. The molecule has 0 saturated heterocycles. The summed E-state index contributed by atoms with van der Waals surface area (Å²) in [6.45, 7) is 0.167. The number of amides is 4. The second-order valence-electron chi connectivity index (χ2n) is 5.22. The number of carbonyl (C=O) groups is 2. The van der Waals surface area contributed by atoms with Crippen LogP contribution in [0.25, 0.3) is 11.0 Å². The number of aliphatic hydroxyl groups excluding tert-OH is 1. The van der Waals surface area contributed by atoms with Crippen molar-refractivity contribution in [3.63, 3.8) is 0 Å². The Kier molecular flexibility index (Phi) is 4.54. The van der Waals surface area contributed by atoms with E-state index in [1.807, 2.05) is 0 Å². The molecule has 0 radical (unpaired) electrons.